The largest absolute Gasteiger partial charge is 0.402 e. The normalized spacial score (nSPS) is 10.3. The molecule has 0 amide bonds. The summed E-state index contributed by atoms with van der Waals surface area (Å²) in [6.07, 6.45) is 0. The average molecular weight is 438 g/mol. The van der Waals surface area contributed by atoms with E-state index in [0.717, 1.165) is 0 Å². The maximum Gasteiger partial charge on any atom is 0.347 e. The first-order valence-corrected chi connectivity index (χ1v) is 8.94. The van der Waals surface area contributed by atoms with Crippen molar-refractivity contribution in [1.82, 2.24) is 4.98 Å². The first-order valence-electron chi connectivity index (χ1n) is 7.43. The van der Waals surface area contributed by atoms with Crippen molar-refractivity contribution in [3.8, 4) is 23.2 Å². The number of carbonyl (C=O) groups excluding carboxylic acids is 1. The van der Waals surface area contributed by atoms with Crippen molar-refractivity contribution >= 4 is 52.4 Å². The van der Waals surface area contributed by atoms with Crippen molar-refractivity contribution in [2.45, 2.75) is 0 Å². The fraction of sp³-hybridized carbons (Fsp3) is 0. The topological polar surface area (TPSA) is 63.0 Å². The standard InChI is InChI=1S/C19H8Cl4N2O2/c20-11-5-6-12(15(23)8-11)16-7-4-10(9-24)18(25-16)27-19(26)17-13(21)2-1-3-14(17)22/h1-8H. The maximum atomic E-state index is 12.5. The fourth-order valence-corrected chi connectivity index (χ4v) is 3.34. The lowest BCUT2D eigenvalue weighted by Gasteiger charge is -2.10. The molecular formula is C19H8Cl4N2O2. The van der Waals surface area contributed by atoms with E-state index in [9.17, 15) is 10.1 Å². The Hall–Kier alpha value is -2.29. The third kappa shape index (κ3) is 4.18. The van der Waals surface area contributed by atoms with Crippen molar-refractivity contribution in [1.29, 1.82) is 5.26 Å². The van der Waals surface area contributed by atoms with Crippen LogP contribution in [-0.4, -0.2) is 11.0 Å². The minimum atomic E-state index is -0.825. The molecule has 2 aromatic carbocycles. The van der Waals surface area contributed by atoms with Crippen molar-refractivity contribution in [2.24, 2.45) is 0 Å². The smallest absolute Gasteiger partial charge is 0.347 e. The maximum absolute atomic E-state index is 12.5. The lowest BCUT2D eigenvalue weighted by molar-refractivity contribution is 0.0727. The van der Waals surface area contributed by atoms with E-state index in [1.807, 2.05) is 6.07 Å². The second-order valence-electron chi connectivity index (χ2n) is 5.27. The van der Waals surface area contributed by atoms with Crippen LogP contribution in [0.15, 0.2) is 48.5 Å². The highest BCUT2D eigenvalue weighted by atomic mass is 35.5. The van der Waals surface area contributed by atoms with Crippen LogP contribution in [0, 0.1) is 11.3 Å². The molecule has 0 spiro atoms. The fourth-order valence-electron chi connectivity index (χ4n) is 2.28. The summed E-state index contributed by atoms with van der Waals surface area (Å²) >= 11 is 24.2. The van der Waals surface area contributed by atoms with Gasteiger partial charge in [-0.05, 0) is 42.5 Å². The Balaban J connectivity index is 2.02. The molecule has 3 aromatic rings. The second-order valence-corrected chi connectivity index (χ2v) is 6.93. The number of carbonyl (C=O) groups is 1. The molecule has 4 nitrogen and oxygen atoms in total. The first kappa shape index (κ1) is 19.5. The van der Waals surface area contributed by atoms with Gasteiger partial charge >= 0.3 is 5.97 Å². The van der Waals surface area contributed by atoms with Gasteiger partial charge < -0.3 is 4.74 Å². The Morgan fingerprint density at radius 3 is 2.30 bits per heavy atom. The molecule has 1 heterocycles. The summed E-state index contributed by atoms with van der Waals surface area (Å²) in [4.78, 5) is 16.7. The molecule has 3 rings (SSSR count). The third-order valence-electron chi connectivity index (χ3n) is 3.54. The van der Waals surface area contributed by atoms with Crippen LogP contribution in [0.2, 0.25) is 20.1 Å². The lowest BCUT2D eigenvalue weighted by Crippen LogP contribution is -2.12. The summed E-state index contributed by atoms with van der Waals surface area (Å²) in [6.45, 7) is 0. The van der Waals surface area contributed by atoms with Gasteiger partial charge in [0.15, 0.2) is 0 Å². The zero-order chi connectivity index (χ0) is 19.6. The molecule has 0 saturated carbocycles. The summed E-state index contributed by atoms with van der Waals surface area (Å²) in [6, 6.07) is 14.5. The zero-order valence-corrected chi connectivity index (χ0v) is 16.4. The molecule has 0 aliphatic carbocycles. The molecule has 0 N–H and O–H groups in total. The van der Waals surface area contributed by atoms with Crippen LogP contribution in [0.4, 0.5) is 0 Å². The Morgan fingerprint density at radius 1 is 0.963 bits per heavy atom. The number of ether oxygens (including phenoxy) is 1. The lowest BCUT2D eigenvalue weighted by atomic mass is 10.1. The van der Waals surface area contributed by atoms with Crippen LogP contribution >= 0.6 is 46.4 Å². The van der Waals surface area contributed by atoms with Gasteiger partial charge in [0.2, 0.25) is 5.88 Å². The SMILES string of the molecule is N#Cc1ccc(-c2ccc(Cl)cc2Cl)nc1OC(=O)c1c(Cl)cccc1Cl. The van der Waals surface area contributed by atoms with Gasteiger partial charge in [-0.3, -0.25) is 0 Å². The molecule has 0 aliphatic heterocycles. The van der Waals surface area contributed by atoms with Crippen LogP contribution in [0.1, 0.15) is 15.9 Å². The molecule has 1 aromatic heterocycles. The molecule has 0 aliphatic rings. The van der Waals surface area contributed by atoms with E-state index >= 15 is 0 Å². The molecule has 0 fully saturated rings. The number of esters is 1. The number of aromatic nitrogens is 1. The number of nitrogens with zero attached hydrogens (tertiary/aromatic N) is 2. The molecule has 0 unspecified atom stereocenters. The van der Waals surface area contributed by atoms with Crippen LogP contribution in [-0.2, 0) is 0 Å². The summed E-state index contributed by atoms with van der Waals surface area (Å²) in [5.41, 5.74) is 1.03. The van der Waals surface area contributed by atoms with Gasteiger partial charge in [0.1, 0.15) is 11.6 Å². The number of rotatable bonds is 3. The summed E-state index contributed by atoms with van der Waals surface area (Å²) in [5, 5.41) is 10.4. The number of benzene rings is 2. The number of pyridine rings is 1. The number of nitriles is 1. The van der Waals surface area contributed by atoms with Crippen molar-refractivity contribution in [3.05, 3.63) is 79.7 Å². The highest BCUT2D eigenvalue weighted by molar-refractivity contribution is 6.39. The van der Waals surface area contributed by atoms with E-state index in [2.05, 4.69) is 4.98 Å². The van der Waals surface area contributed by atoms with E-state index in [4.69, 9.17) is 51.1 Å². The molecule has 134 valence electrons. The molecule has 0 radical (unpaired) electrons. The van der Waals surface area contributed by atoms with Gasteiger partial charge in [0.25, 0.3) is 0 Å². The molecule has 0 bridgehead atoms. The van der Waals surface area contributed by atoms with Gasteiger partial charge in [0.05, 0.1) is 26.3 Å². The molecule has 0 saturated heterocycles. The summed E-state index contributed by atoms with van der Waals surface area (Å²) in [7, 11) is 0. The minimum Gasteiger partial charge on any atom is -0.402 e. The van der Waals surface area contributed by atoms with Crippen molar-refractivity contribution < 1.29 is 9.53 Å². The Labute approximate surface area is 174 Å². The predicted octanol–water partition coefficient (Wildman–Crippen LogP) is 6.45. The Bertz CT molecular complexity index is 1070. The van der Waals surface area contributed by atoms with Gasteiger partial charge in [-0.2, -0.15) is 5.26 Å². The Kier molecular flexibility index (Phi) is 5.88. The molecule has 0 atom stereocenters. The molecular weight excluding hydrogens is 430 g/mol. The highest BCUT2D eigenvalue weighted by Gasteiger charge is 2.20. The van der Waals surface area contributed by atoms with E-state index < -0.39 is 5.97 Å². The number of hydrogen-bond acceptors (Lipinski definition) is 4. The van der Waals surface area contributed by atoms with Gasteiger partial charge in [-0.15, -0.1) is 0 Å². The van der Waals surface area contributed by atoms with E-state index in [0.29, 0.717) is 21.3 Å². The van der Waals surface area contributed by atoms with Gasteiger partial charge in [-0.1, -0.05) is 52.5 Å². The second kappa shape index (κ2) is 8.16. The van der Waals surface area contributed by atoms with Crippen LogP contribution in [0.25, 0.3) is 11.3 Å². The van der Waals surface area contributed by atoms with E-state index in [-0.39, 0.29) is 27.1 Å². The first-order chi connectivity index (χ1) is 12.9. The van der Waals surface area contributed by atoms with E-state index in [1.54, 1.807) is 30.3 Å². The summed E-state index contributed by atoms with van der Waals surface area (Å²) in [5.74, 6) is -1.00. The highest BCUT2D eigenvalue weighted by Crippen LogP contribution is 2.32. The zero-order valence-electron chi connectivity index (χ0n) is 13.3. The van der Waals surface area contributed by atoms with Crippen LogP contribution < -0.4 is 4.74 Å². The average Bonchev–Trinajstić information content (AvgIpc) is 2.61. The minimum absolute atomic E-state index is 0.0125. The monoisotopic (exact) mass is 436 g/mol. The molecule has 8 heteroatoms. The number of halogens is 4. The van der Waals surface area contributed by atoms with Gasteiger partial charge in [0, 0.05) is 10.6 Å². The van der Waals surface area contributed by atoms with Crippen LogP contribution in [0.5, 0.6) is 5.88 Å². The predicted molar refractivity (Wildman–Crippen MR) is 106 cm³/mol. The summed E-state index contributed by atoms with van der Waals surface area (Å²) < 4.78 is 5.30. The number of hydrogen-bond donors (Lipinski definition) is 0. The Morgan fingerprint density at radius 2 is 1.67 bits per heavy atom. The van der Waals surface area contributed by atoms with Gasteiger partial charge in [-0.25, -0.2) is 9.78 Å². The quantitative estimate of drug-likeness (QED) is 0.441. The van der Waals surface area contributed by atoms with E-state index in [1.165, 1.54) is 18.2 Å². The third-order valence-corrected chi connectivity index (χ3v) is 4.72. The van der Waals surface area contributed by atoms with Crippen molar-refractivity contribution in [2.75, 3.05) is 0 Å². The molecule has 27 heavy (non-hydrogen) atoms. The van der Waals surface area contributed by atoms with Crippen LogP contribution in [0.3, 0.4) is 0 Å². The van der Waals surface area contributed by atoms with Crippen molar-refractivity contribution in [3.63, 3.8) is 0 Å².